The van der Waals surface area contributed by atoms with Gasteiger partial charge < -0.3 is 15.0 Å². The molecule has 1 aliphatic heterocycles. The van der Waals surface area contributed by atoms with Crippen LogP contribution in [0.2, 0.25) is 0 Å². The lowest BCUT2D eigenvalue weighted by Crippen LogP contribution is -2.42. The minimum atomic E-state index is -0.486. The Kier molecular flexibility index (Phi) is 7.36. The first-order valence-corrected chi connectivity index (χ1v) is 13.3. The van der Waals surface area contributed by atoms with E-state index in [2.05, 4.69) is 27.6 Å². The van der Waals surface area contributed by atoms with Crippen LogP contribution in [-0.2, 0) is 18.8 Å². The van der Waals surface area contributed by atoms with Crippen LogP contribution in [0, 0.1) is 5.92 Å². The van der Waals surface area contributed by atoms with Crippen LogP contribution in [0.3, 0.4) is 0 Å². The Morgan fingerprint density at radius 3 is 2.28 bits per heavy atom. The molecule has 0 atom stereocenters. The third kappa shape index (κ3) is 6.45. The Morgan fingerprint density at radius 1 is 0.974 bits per heavy atom. The topological polar surface area (TPSA) is 103 Å². The van der Waals surface area contributed by atoms with Gasteiger partial charge >= 0.3 is 6.09 Å². The standard InChI is InChI=1S/C29H36N8O2/c1-29(2,3)39-28(38)37-11-9-20(10-12-37)14-30-27-25(24-16-33-36(5)19-24)17-31-26(34-27)22-8-6-7-21(13-22)23-15-32-35(4)18-23/h6-8,13,15-20H,9-12,14H2,1-5H3,(H,30,31,34). The summed E-state index contributed by atoms with van der Waals surface area (Å²) in [5.41, 5.74) is 4.41. The van der Waals surface area contributed by atoms with Crippen LogP contribution in [0.4, 0.5) is 10.6 Å². The molecule has 0 radical (unpaired) electrons. The predicted octanol–water partition coefficient (Wildman–Crippen LogP) is 5.00. The molecule has 10 heteroatoms. The zero-order chi connectivity index (χ0) is 27.6. The number of amides is 1. The van der Waals surface area contributed by atoms with E-state index in [0.717, 1.165) is 53.0 Å². The van der Waals surface area contributed by atoms with E-state index in [1.807, 2.05) is 78.0 Å². The zero-order valence-corrected chi connectivity index (χ0v) is 23.3. The molecule has 1 saturated heterocycles. The molecule has 39 heavy (non-hydrogen) atoms. The maximum absolute atomic E-state index is 12.4. The fourth-order valence-electron chi connectivity index (χ4n) is 4.72. The van der Waals surface area contributed by atoms with E-state index in [0.29, 0.717) is 24.8 Å². The highest BCUT2D eigenvalue weighted by Crippen LogP contribution is 2.30. The lowest BCUT2D eigenvalue weighted by molar-refractivity contribution is 0.0188. The van der Waals surface area contributed by atoms with Crippen molar-refractivity contribution in [2.24, 2.45) is 20.0 Å². The van der Waals surface area contributed by atoms with Crippen molar-refractivity contribution < 1.29 is 9.53 Å². The third-order valence-electron chi connectivity index (χ3n) is 6.79. The lowest BCUT2D eigenvalue weighted by Gasteiger charge is -2.33. The summed E-state index contributed by atoms with van der Waals surface area (Å²) in [7, 11) is 3.81. The van der Waals surface area contributed by atoms with Gasteiger partial charge in [-0.1, -0.05) is 18.2 Å². The van der Waals surface area contributed by atoms with Crippen LogP contribution < -0.4 is 5.32 Å². The van der Waals surface area contributed by atoms with Gasteiger partial charge in [-0.15, -0.1) is 0 Å². The van der Waals surface area contributed by atoms with Gasteiger partial charge in [-0.3, -0.25) is 9.36 Å². The molecule has 4 aromatic rings. The quantitative estimate of drug-likeness (QED) is 0.375. The number of ether oxygens (including phenoxy) is 1. The molecule has 0 unspecified atom stereocenters. The number of rotatable bonds is 6. The Balaban J connectivity index is 1.33. The highest BCUT2D eigenvalue weighted by molar-refractivity contribution is 5.76. The number of piperidine rings is 1. The van der Waals surface area contributed by atoms with Crippen LogP contribution in [0.5, 0.6) is 0 Å². The van der Waals surface area contributed by atoms with Crippen LogP contribution in [-0.4, -0.2) is 65.8 Å². The van der Waals surface area contributed by atoms with Crippen molar-refractivity contribution in [3.05, 3.63) is 55.2 Å². The van der Waals surface area contributed by atoms with Crippen molar-refractivity contribution >= 4 is 11.9 Å². The van der Waals surface area contributed by atoms with Crippen molar-refractivity contribution in [3.63, 3.8) is 0 Å². The van der Waals surface area contributed by atoms with Crippen LogP contribution in [0.25, 0.3) is 33.6 Å². The van der Waals surface area contributed by atoms with Crippen LogP contribution >= 0.6 is 0 Å². The average Bonchev–Trinajstić information content (AvgIpc) is 3.55. The number of carbonyl (C=O) groups excluding carboxylic acids is 1. The maximum atomic E-state index is 12.4. The maximum Gasteiger partial charge on any atom is 0.410 e. The van der Waals surface area contributed by atoms with E-state index < -0.39 is 5.60 Å². The molecule has 204 valence electrons. The highest BCUT2D eigenvalue weighted by Gasteiger charge is 2.27. The second-order valence-corrected chi connectivity index (χ2v) is 11.1. The van der Waals surface area contributed by atoms with E-state index in [1.54, 1.807) is 14.3 Å². The molecule has 0 saturated carbocycles. The molecular weight excluding hydrogens is 492 g/mol. The van der Waals surface area contributed by atoms with Gasteiger partial charge in [-0.2, -0.15) is 10.2 Å². The van der Waals surface area contributed by atoms with Crippen LogP contribution in [0.1, 0.15) is 33.6 Å². The van der Waals surface area contributed by atoms with Crippen molar-refractivity contribution in [2.45, 2.75) is 39.2 Å². The number of aromatic nitrogens is 6. The van der Waals surface area contributed by atoms with Gasteiger partial charge in [0.25, 0.3) is 0 Å². The number of anilines is 1. The minimum Gasteiger partial charge on any atom is -0.444 e. The SMILES string of the molecule is Cn1cc(-c2cccc(-c3ncc(-c4cnn(C)c4)c(NCC4CCN(C(=O)OC(C)(C)C)CC4)n3)c2)cn1. The molecule has 1 fully saturated rings. The van der Waals surface area contributed by atoms with E-state index >= 15 is 0 Å². The van der Waals surface area contributed by atoms with Gasteiger partial charge in [0.2, 0.25) is 0 Å². The molecule has 4 heterocycles. The highest BCUT2D eigenvalue weighted by atomic mass is 16.6. The molecule has 5 rings (SSSR count). The summed E-state index contributed by atoms with van der Waals surface area (Å²) >= 11 is 0. The predicted molar refractivity (Wildman–Crippen MR) is 151 cm³/mol. The molecule has 1 N–H and O–H groups in total. The summed E-state index contributed by atoms with van der Waals surface area (Å²) in [5.74, 6) is 1.84. The third-order valence-corrected chi connectivity index (χ3v) is 6.79. The normalized spacial score (nSPS) is 14.4. The number of likely N-dealkylation sites (tertiary alicyclic amines) is 1. The van der Waals surface area contributed by atoms with Gasteiger partial charge in [0.05, 0.1) is 12.4 Å². The second kappa shape index (κ2) is 10.9. The number of nitrogens with zero attached hydrogens (tertiary/aromatic N) is 7. The van der Waals surface area contributed by atoms with Gasteiger partial charge in [0.15, 0.2) is 5.82 Å². The molecular formula is C29H36N8O2. The van der Waals surface area contributed by atoms with Crippen molar-refractivity contribution in [1.29, 1.82) is 0 Å². The first kappa shape index (κ1) is 26.4. The van der Waals surface area contributed by atoms with Gasteiger partial charge in [0, 0.05) is 74.6 Å². The first-order valence-electron chi connectivity index (χ1n) is 13.3. The van der Waals surface area contributed by atoms with E-state index in [4.69, 9.17) is 14.7 Å². The van der Waals surface area contributed by atoms with E-state index in [9.17, 15) is 4.79 Å². The smallest absolute Gasteiger partial charge is 0.410 e. The lowest BCUT2D eigenvalue weighted by atomic mass is 9.97. The first-order chi connectivity index (χ1) is 18.6. The average molecular weight is 529 g/mol. The number of benzene rings is 1. The number of carbonyl (C=O) groups is 1. The van der Waals surface area contributed by atoms with Gasteiger partial charge in [-0.25, -0.2) is 14.8 Å². The van der Waals surface area contributed by atoms with Crippen LogP contribution in [0.15, 0.2) is 55.2 Å². The second-order valence-electron chi connectivity index (χ2n) is 11.1. The van der Waals surface area contributed by atoms with E-state index in [1.165, 1.54) is 0 Å². The molecule has 0 aliphatic carbocycles. The molecule has 1 aromatic carbocycles. The summed E-state index contributed by atoms with van der Waals surface area (Å²) in [5, 5.41) is 12.2. The van der Waals surface area contributed by atoms with Gasteiger partial charge in [0.1, 0.15) is 11.4 Å². The van der Waals surface area contributed by atoms with Crippen molar-refractivity contribution in [1.82, 2.24) is 34.4 Å². The molecule has 0 spiro atoms. The Hall–Kier alpha value is -4.21. The van der Waals surface area contributed by atoms with E-state index in [-0.39, 0.29) is 6.09 Å². The summed E-state index contributed by atoms with van der Waals surface area (Å²) < 4.78 is 9.11. The Labute approximate surface area is 229 Å². The fourth-order valence-corrected chi connectivity index (χ4v) is 4.72. The number of hydrogen-bond acceptors (Lipinski definition) is 7. The molecule has 0 bridgehead atoms. The summed E-state index contributed by atoms with van der Waals surface area (Å²) in [6, 6.07) is 8.19. The Bertz CT molecular complexity index is 1440. The fraction of sp³-hybridized carbons (Fsp3) is 0.414. The molecule has 1 aliphatic rings. The number of hydrogen-bond donors (Lipinski definition) is 1. The summed E-state index contributed by atoms with van der Waals surface area (Å²) in [6.45, 7) is 7.81. The minimum absolute atomic E-state index is 0.235. The molecule has 10 nitrogen and oxygen atoms in total. The largest absolute Gasteiger partial charge is 0.444 e. The molecule has 3 aromatic heterocycles. The number of nitrogens with one attached hydrogen (secondary N) is 1. The summed E-state index contributed by atoms with van der Waals surface area (Å²) in [6.07, 6.45) is 11.1. The van der Waals surface area contributed by atoms with Gasteiger partial charge in [-0.05, 0) is 51.2 Å². The van der Waals surface area contributed by atoms with Crippen molar-refractivity contribution in [3.8, 4) is 33.6 Å². The van der Waals surface area contributed by atoms with Crippen molar-refractivity contribution in [2.75, 3.05) is 25.0 Å². The summed E-state index contributed by atoms with van der Waals surface area (Å²) in [4.78, 5) is 23.9. The monoisotopic (exact) mass is 528 g/mol. The zero-order valence-electron chi connectivity index (χ0n) is 23.3. The Morgan fingerprint density at radius 2 is 1.64 bits per heavy atom. The molecule has 1 amide bonds. The number of aryl methyl sites for hydroxylation is 2.